The largest absolute Gasteiger partial charge is 0.264 e. The summed E-state index contributed by atoms with van der Waals surface area (Å²) in [7, 11) is 0. The van der Waals surface area contributed by atoms with E-state index in [0.717, 1.165) is 11.1 Å². The van der Waals surface area contributed by atoms with Crippen LogP contribution in [0.1, 0.15) is 11.1 Å². The van der Waals surface area contributed by atoms with Crippen molar-refractivity contribution in [3.8, 4) is 6.07 Å². The highest BCUT2D eigenvalue weighted by molar-refractivity contribution is 7.08. The van der Waals surface area contributed by atoms with Gasteiger partial charge < -0.3 is 0 Å². The van der Waals surface area contributed by atoms with E-state index >= 15 is 0 Å². The SMILES string of the molecule is N#C/C(=C(/Cl)c1ccsc1)c1cccnc1. The summed E-state index contributed by atoms with van der Waals surface area (Å²) in [6, 6.07) is 7.61. The second-order valence-electron chi connectivity index (χ2n) is 3.05. The van der Waals surface area contributed by atoms with Crippen LogP contribution in [-0.2, 0) is 0 Å². The van der Waals surface area contributed by atoms with Crippen LogP contribution in [0.3, 0.4) is 0 Å². The lowest BCUT2D eigenvalue weighted by molar-refractivity contribution is 1.31. The fraction of sp³-hybridized carbons (Fsp3) is 0. The summed E-state index contributed by atoms with van der Waals surface area (Å²) in [5, 5.41) is 13.4. The molecule has 4 heteroatoms. The molecule has 0 spiro atoms. The van der Waals surface area contributed by atoms with Crippen molar-refractivity contribution in [2.24, 2.45) is 0 Å². The highest BCUT2D eigenvalue weighted by Crippen LogP contribution is 2.29. The van der Waals surface area contributed by atoms with E-state index in [1.165, 1.54) is 0 Å². The van der Waals surface area contributed by atoms with Gasteiger partial charge in [-0.25, -0.2) is 0 Å². The van der Waals surface area contributed by atoms with Crippen molar-refractivity contribution in [1.29, 1.82) is 5.26 Å². The Labute approximate surface area is 102 Å². The smallest absolute Gasteiger partial charge is 0.101 e. The van der Waals surface area contributed by atoms with Crippen LogP contribution in [0.25, 0.3) is 10.6 Å². The topological polar surface area (TPSA) is 36.7 Å². The van der Waals surface area contributed by atoms with Crippen molar-refractivity contribution < 1.29 is 0 Å². The molecule has 0 saturated heterocycles. The second-order valence-corrected chi connectivity index (χ2v) is 4.21. The molecule has 2 aromatic heterocycles. The van der Waals surface area contributed by atoms with Crippen LogP contribution in [0, 0.1) is 11.3 Å². The predicted molar refractivity (Wildman–Crippen MR) is 66.8 cm³/mol. The molecule has 0 amide bonds. The molecule has 16 heavy (non-hydrogen) atoms. The van der Waals surface area contributed by atoms with Crippen molar-refractivity contribution in [3.05, 3.63) is 52.5 Å². The number of aromatic nitrogens is 1. The Bertz CT molecular complexity index is 538. The molecule has 0 bridgehead atoms. The molecule has 0 fully saturated rings. The van der Waals surface area contributed by atoms with Gasteiger partial charge in [0.25, 0.3) is 0 Å². The van der Waals surface area contributed by atoms with Crippen LogP contribution >= 0.6 is 22.9 Å². The van der Waals surface area contributed by atoms with Crippen molar-refractivity contribution in [2.45, 2.75) is 0 Å². The molecule has 2 aromatic rings. The molecule has 0 saturated carbocycles. The fourth-order valence-corrected chi connectivity index (χ4v) is 2.27. The molecule has 0 unspecified atom stereocenters. The highest BCUT2D eigenvalue weighted by Gasteiger charge is 2.09. The van der Waals surface area contributed by atoms with Gasteiger partial charge in [0.15, 0.2) is 0 Å². The molecule has 0 atom stereocenters. The Kier molecular flexibility index (Phi) is 3.35. The first-order chi connectivity index (χ1) is 7.83. The Hall–Kier alpha value is -1.63. The normalized spacial score (nSPS) is 11.8. The highest BCUT2D eigenvalue weighted by atomic mass is 35.5. The van der Waals surface area contributed by atoms with Gasteiger partial charge in [-0.1, -0.05) is 17.7 Å². The van der Waals surface area contributed by atoms with Gasteiger partial charge in [-0.05, 0) is 22.9 Å². The molecule has 2 heterocycles. The van der Waals surface area contributed by atoms with Crippen molar-refractivity contribution in [3.63, 3.8) is 0 Å². The van der Waals surface area contributed by atoms with E-state index in [9.17, 15) is 0 Å². The number of hydrogen-bond donors (Lipinski definition) is 0. The maximum Gasteiger partial charge on any atom is 0.101 e. The number of pyridine rings is 1. The third-order valence-corrected chi connectivity index (χ3v) is 3.15. The first kappa shape index (κ1) is 10.9. The van der Waals surface area contributed by atoms with Crippen LogP contribution in [0.2, 0.25) is 0 Å². The van der Waals surface area contributed by atoms with E-state index in [1.54, 1.807) is 29.8 Å². The van der Waals surface area contributed by atoms with E-state index in [4.69, 9.17) is 16.9 Å². The third-order valence-electron chi connectivity index (χ3n) is 2.06. The van der Waals surface area contributed by atoms with Gasteiger partial charge in [-0.3, -0.25) is 4.98 Å². The molecule has 0 radical (unpaired) electrons. The average Bonchev–Trinajstić information content (AvgIpc) is 2.85. The number of allylic oxidation sites excluding steroid dienone is 1. The predicted octanol–water partition coefficient (Wildman–Crippen LogP) is 3.77. The summed E-state index contributed by atoms with van der Waals surface area (Å²) < 4.78 is 0. The molecule has 0 aromatic carbocycles. The molecule has 0 aliphatic carbocycles. The maximum absolute atomic E-state index is 9.13. The number of rotatable bonds is 2. The number of nitrogens with zero attached hydrogens (tertiary/aromatic N) is 2. The first-order valence-corrected chi connectivity index (χ1v) is 5.88. The summed E-state index contributed by atoms with van der Waals surface area (Å²) in [5.41, 5.74) is 2.06. The number of halogens is 1. The van der Waals surface area contributed by atoms with Gasteiger partial charge in [0, 0.05) is 23.5 Å². The van der Waals surface area contributed by atoms with Crippen LogP contribution in [0.4, 0.5) is 0 Å². The van der Waals surface area contributed by atoms with Crippen LogP contribution in [0.5, 0.6) is 0 Å². The number of hydrogen-bond acceptors (Lipinski definition) is 3. The zero-order valence-corrected chi connectivity index (χ0v) is 9.79. The number of thiophene rings is 1. The Balaban J connectivity index is 2.52. The van der Waals surface area contributed by atoms with E-state index in [2.05, 4.69) is 11.1 Å². The first-order valence-electron chi connectivity index (χ1n) is 4.56. The molecule has 0 aliphatic rings. The minimum Gasteiger partial charge on any atom is -0.264 e. The summed E-state index contributed by atoms with van der Waals surface area (Å²) in [5.74, 6) is 0. The maximum atomic E-state index is 9.13. The third kappa shape index (κ3) is 2.13. The standard InChI is InChI=1S/C12H7ClN2S/c13-12(10-3-5-16-8-10)11(6-14)9-2-1-4-15-7-9/h1-5,7-8H/b12-11-. The molecular formula is C12H7ClN2S. The molecule has 78 valence electrons. The Morgan fingerprint density at radius 1 is 1.38 bits per heavy atom. The summed E-state index contributed by atoms with van der Waals surface area (Å²) in [4.78, 5) is 3.98. The minimum absolute atomic E-state index is 0.452. The lowest BCUT2D eigenvalue weighted by Crippen LogP contribution is -1.85. The number of nitriles is 1. The van der Waals surface area contributed by atoms with Gasteiger partial charge in [0.05, 0.1) is 10.6 Å². The van der Waals surface area contributed by atoms with Crippen LogP contribution < -0.4 is 0 Å². The van der Waals surface area contributed by atoms with Crippen LogP contribution in [0.15, 0.2) is 41.4 Å². The average molecular weight is 247 g/mol. The lowest BCUT2D eigenvalue weighted by Gasteiger charge is -2.01. The summed E-state index contributed by atoms with van der Waals surface area (Å²) >= 11 is 7.73. The molecule has 0 N–H and O–H groups in total. The summed E-state index contributed by atoms with van der Waals surface area (Å²) in [6.07, 6.45) is 3.30. The van der Waals surface area contributed by atoms with Gasteiger partial charge in [0.1, 0.15) is 6.07 Å². The molecule has 2 nitrogen and oxygen atoms in total. The van der Waals surface area contributed by atoms with E-state index in [-0.39, 0.29) is 0 Å². The minimum atomic E-state index is 0.452. The van der Waals surface area contributed by atoms with Gasteiger partial charge in [-0.2, -0.15) is 16.6 Å². The van der Waals surface area contributed by atoms with Gasteiger partial charge in [0.2, 0.25) is 0 Å². The van der Waals surface area contributed by atoms with E-state index in [1.807, 2.05) is 22.9 Å². The fourth-order valence-electron chi connectivity index (χ4n) is 1.28. The van der Waals surface area contributed by atoms with Gasteiger partial charge >= 0.3 is 0 Å². The zero-order chi connectivity index (χ0) is 11.4. The zero-order valence-electron chi connectivity index (χ0n) is 8.22. The van der Waals surface area contributed by atoms with Crippen molar-refractivity contribution >= 4 is 33.5 Å². The molecule has 0 aliphatic heterocycles. The summed E-state index contributed by atoms with van der Waals surface area (Å²) in [6.45, 7) is 0. The van der Waals surface area contributed by atoms with Crippen LogP contribution in [-0.4, -0.2) is 4.98 Å². The van der Waals surface area contributed by atoms with E-state index in [0.29, 0.717) is 10.6 Å². The lowest BCUT2D eigenvalue weighted by atomic mass is 10.1. The van der Waals surface area contributed by atoms with E-state index < -0.39 is 0 Å². The Morgan fingerprint density at radius 2 is 2.25 bits per heavy atom. The molecule has 2 rings (SSSR count). The van der Waals surface area contributed by atoms with Gasteiger partial charge in [-0.15, -0.1) is 0 Å². The molecular weight excluding hydrogens is 240 g/mol. The van der Waals surface area contributed by atoms with Crippen molar-refractivity contribution in [1.82, 2.24) is 4.98 Å². The Morgan fingerprint density at radius 3 is 2.81 bits per heavy atom. The second kappa shape index (κ2) is 4.93. The quantitative estimate of drug-likeness (QED) is 0.757. The van der Waals surface area contributed by atoms with Crippen molar-refractivity contribution in [2.75, 3.05) is 0 Å². The monoisotopic (exact) mass is 246 g/mol.